The van der Waals surface area contributed by atoms with Gasteiger partial charge in [0, 0.05) is 43.8 Å². The number of carbonyl (C=O) groups is 1. The van der Waals surface area contributed by atoms with E-state index in [1.54, 1.807) is 0 Å². The van der Waals surface area contributed by atoms with E-state index in [0.29, 0.717) is 6.04 Å². The molecule has 1 N–H and O–H groups in total. The maximum atomic E-state index is 12.9. The average Bonchev–Trinajstić information content (AvgIpc) is 3.06. The van der Waals surface area contributed by atoms with E-state index in [1.807, 2.05) is 31.3 Å². The third kappa shape index (κ3) is 5.46. The van der Waals surface area contributed by atoms with Gasteiger partial charge in [-0.3, -0.25) is 14.6 Å². The number of benzene rings is 1. The van der Waals surface area contributed by atoms with Crippen LogP contribution in [0.25, 0.3) is 0 Å². The Kier molecular flexibility index (Phi) is 7.45. The van der Waals surface area contributed by atoms with Gasteiger partial charge in [0.15, 0.2) is 0 Å². The summed E-state index contributed by atoms with van der Waals surface area (Å²) in [6, 6.07) is 8.34. The Morgan fingerprint density at radius 3 is 2.69 bits per heavy atom. The molecule has 0 saturated carbocycles. The van der Waals surface area contributed by atoms with Crippen LogP contribution in [-0.2, 0) is 17.8 Å². The summed E-state index contributed by atoms with van der Waals surface area (Å²) in [5, 5.41) is 3.14. The molecular formula is C23H35N5O. The Labute approximate surface area is 174 Å². The number of hydrogen-bond acceptors (Lipinski definition) is 4. The minimum Gasteiger partial charge on any atom is -0.331 e. The Bertz CT molecular complexity index is 800. The highest BCUT2D eigenvalue weighted by Gasteiger charge is 2.25. The van der Waals surface area contributed by atoms with Crippen molar-refractivity contribution < 1.29 is 4.79 Å². The Balaban J connectivity index is 1.57. The molecule has 6 heteroatoms. The molecule has 6 nitrogen and oxygen atoms in total. The van der Waals surface area contributed by atoms with Gasteiger partial charge in [0.2, 0.25) is 5.91 Å². The van der Waals surface area contributed by atoms with Crippen molar-refractivity contribution in [3.63, 3.8) is 0 Å². The Hall–Kier alpha value is -2.18. The molecule has 1 unspecified atom stereocenters. The van der Waals surface area contributed by atoms with Crippen LogP contribution in [0.2, 0.25) is 0 Å². The van der Waals surface area contributed by atoms with E-state index in [1.165, 1.54) is 5.56 Å². The maximum absolute atomic E-state index is 12.9. The molecule has 1 fully saturated rings. The molecule has 2 heterocycles. The summed E-state index contributed by atoms with van der Waals surface area (Å²) >= 11 is 0. The number of anilines is 1. The number of para-hydroxylation sites is 1. The highest BCUT2D eigenvalue weighted by atomic mass is 16.2. The summed E-state index contributed by atoms with van der Waals surface area (Å²) in [4.78, 5) is 22.2. The van der Waals surface area contributed by atoms with Gasteiger partial charge in [0.25, 0.3) is 0 Å². The summed E-state index contributed by atoms with van der Waals surface area (Å²) in [5.41, 5.74) is 2.11. The van der Waals surface area contributed by atoms with Crippen molar-refractivity contribution in [3.8, 4) is 0 Å². The summed E-state index contributed by atoms with van der Waals surface area (Å²) in [7, 11) is 0. The quantitative estimate of drug-likeness (QED) is 0.776. The van der Waals surface area contributed by atoms with Crippen molar-refractivity contribution in [3.05, 3.63) is 48.0 Å². The second kappa shape index (κ2) is 10.0. The second-order valence-corrected chi connectivity index (χ2v) is 8.19. The van der Waals surface area contributed by atoms with Crippen LogP contribution in [0, 0.1) is 0 Å². The summed E-state index contributed by atoms with van der Waals surface area (Å²) < 4.78 is 2.24. The van der Waals surface area contributed by atoms with Crippen LogP contribution in [0.15, 0.2) is 36.7 Å². The fourth-order valence-electron chi connectivity index (χ4n) is 4.03. The van der Waals surface area contributed by atoms with Crippen molar-refractivity contribution in [1.82, 2.24) is 19.4 Å². The first-order valence-corrected chi connectivity index (χ1v) is 10.9. The van der Waals surface area contributed by atoms with Gasteiger partial charge in [0.1, 0.15) is 5.82 Å². The molecule has 1 saturated heterocycles. The zero-order valence-corrected chi connectivity index (χ0v) is 18.3. The molecule has 2 aromatic rings. The van der Waals surface area contributed by atoms with Crippen molar-refractivity contribution >= 4 is 11.6 Å². The lowest BCUT2D eigenvalue weighted by atomic mass is 10.1. The van der Waals surface area contributed by atoms with Crippen molar-refractivity contribution in [2.24, 2.45) is 0 Å². The number of imidazole rings is 1. The first-order chi connectivity index (χ1) is 14.0. The van der Waals surface area contributed by atoms with E-state index < -0.39 is 0 Å². The number of aromatic nitrogens is 2. The van der Waals surface area contributed by atoms with E-state index in [-0.39, 0.29) is 11.9 Å². The number of amides is 1. The van der Waals surface area contributed by atoms with Gasteiger partial charge in [0.05, 0.1) is 12.6 Å². The van der Waals surface area contributed by atoms with E-state index in [4.69, 9.17) is 0 Å². The number of carbonyl (C=O) groups excluding carboxylic acids is 1. The molecule has 0 bridgehead atoms. The molecule has 1 atom stereocenters. The summed E-state index contributed by atoms with van der Waals surface area (Å²) in [5.74, 6) is 1.20. The molecule has 29 heavy (non-hydrogen) atoms. The van der Waals surface area contributed by atoms with Crippen molar-refractivity contribution in [2.45, 2.75) is 59.2 Å². The first kappa shape index (κ1) is 21.5. The molecule has 1 aliphatic heterocycles. The smallest absolute Gasteiger partial charge is 0.241 e. The zero-order valence-electron chi connectivity index (χ0n) is 18.3. The monoisotopic (exact) mass is 397 g/mol. The number of nitrogens with one attached hydrogen (secondary N) is 1. The van der Waals surface area contributed by atoms with Crippen LogP contribution < -0.4 is 5.32 Å². The second-order valence-electron chi connectivity index (χ2n) is 8.19. The predicted molar refractivity (Wildman–Crippen MR) is 118 cm³/mol. The summed E-state index contributed by atoms with van der Waals surface area (Å²) in [6.45, 7) is 13.2. The number of nitrogens with zero attached hydrogens (tertiary/aromatic N) is 4. The van der Waals surface area contributed by atoms with Crippen molar-refractivity contribution in [2.75, 3.05) is 31.5 Å². The predicted octanol–water partition coefficient (Wildman–Crippen LogP) is 3.56. The molecule has 1 aromatic carbocycles. The van der Waals surface area contributed by atoms with Crippen LogP contribution >= 0.6 is 0 Å². The SMILES string of the molecule is CCc1ccccc1NC(=O)C(C)N1CCCN(Cc2nccn2C(C)C)CC1. The normalized spacial score (nSPS) is 17.3. The molecular weight excluding hydrogens is 362 g/mol. The lowest BCUT2D eigenvalue weighted by Crippen LogP contribution is -2.44. The maximum Gasteiger partial charge on any atom is 0.241 e. The average molecular weight is 398 g/mol. The van der Waals surface area contributed by atoms with Gasteiger partial charge < -0.3 is 9.88 Å². The van der Waals surface area contributed by atoms with Crippen LogP contribution in [0.4, 0.5) is 5.69 Å². The number of rotatable bonds is 7. The molecule has 0 radical (unpaired) electrons. The number of hydrogen-bond donors (Lipinski definition) is 1. The molecule has 3 rings (SSSR count). The standard InChI is InChI=1S/C23H35N5O/c1-5-20-9-6-7-10-21(20)25-23(29)19(4)27-13-8-12-26(15-16-27)17-22-24-11-14-28(22)18(2)3/h6-7,9-11,14,18-19H,5,8,12-13,15-17H2,1-4H3,(H,25,29). The lowest BCUT2D eigenvalue weighted by Gasteiger charge is -2.27. The highest BCUT2D eigenvalue weighted by Crippen LogP contribution is 2.17. The topological polar surface area (TPSA) is 53.4 Å². The highest BCUT2D eigenvalue weighted by molar-refractivity contribution is 5.95. The van der Waals surface area contributed by atoms with Crippen LogP contribution in [0.3, 0.4) is 0 Å². The lowest BCUT2D eigenvalue weighted by molar-refractivity contribution is -0.120. The third-order valence-electron chi connectivity index (χ3n) is 5.88. The molecule has 158 valence electrons. The Morgan fingerprint density at radius 1 is 1.14 bits per heavy atom. The first-order valence-electron chi connectivity index (χ1n) is 10.9. The van der Waals surface area contributed by atoms with Crippen molar-refractivity contribution in [1.29, 1.82) is 0 Å². The van der Waals surface area contributed by atoms with E-state index in [0.717, 1.165) is 57.1 Å². The Morgan fingerprint density at radius 2 is 1.93 bits per heavy atom. The van der Waals surface area contributed by atoms with E-state index >= 15 is 0 Å². The molecule has 1 aromatic heterocycles. The molecule has 1 amide bonds. The minimum atomic E-state index is -0.141. The fourth-order valence-corrected chi connectivity index (χ4v) is 4.03. The third-order valence-corrected chi connectivity index (χ3v) is 5.88. The van der Waals surface area contributed by atoms with Gasteiger partial charge in [-0.1, -0.05) is 25.1 Å². The largest absolute Gasteiger partial charge is 0.331 e. The van der Waals surface area contributed by atoms with Gasteiger partial charge in [-0.05, 0) is 51.8 Å². The van der Waals surface area contributed by atoms with Gasteiger partial charge in [-0.25, -0.2) is 4.98 Å². The number of aryl methyl sites for hydroxylation is 1. The zero-order chi connectivity index (χ0) is 20.8. The van der Waals surface area contributed by atoms with E-state index in [2.05, 4.69) is 57.7 Å². The van der Waals surface area contributed by atoms with Crippen LogP contribution in [-0.4, -0.2) is 57.5 Å². The summed E-state index contributed by atoms with van der Waals surface area (Å²) in [6.07, 6.45) is 5.92. The van der Waals surface area contributed by atoms with Gasteiger partial charge >= 0.3 is 0 Å². The van der Waals surface area contributed by atoms with Crippen LogP contribution in [0.5, 0.6) is 0 Å². The van der Waals surface area contributed by atoms with Gasteiger partial charge in [-0.2, -0.15) is 0 Å². The molecule has 1 aliphatic rings. The molecule has 0 spiro atoms. The fraction of sp³-hybridized carbons (Fsp3) is 0.565. The minimum absolute atomic E-state index is 0.0784. The van der Waals surface area contributed by atoms with Crippen LogP contribution in [0.1, 0.15) is 51.5 Å². The van der Waals surface area contributed by atoms with Gasteiger partial charge in [-0.15, -0.1) is 0 Å². The molecule has 0 aliphatic carbocycles. The van der Waals surface area contributed by atoms with E-state index in [9.17, 15) is 4.79 Å².